The SMILES string of the molecule is CCC1CCC(C[C@@H](O)[C@@H]2Cc3cccc(C(=O)N4CCN(C(C)=O)CC4)c3CN2)CC1. The largest absolute Gasteiger partial charge is 0.391 e. The van der Waals surface area contributed by atoms with Crippen LogP contribution >= 0.6 is 0 Å². The van der Waals surface area contributed by atoms with Gasteiger partial charge < -0.3 is 20.2 Å². The van der Waals surface area contributed by atoms with Crippen LogP contribution in [0.15, 0.2) is 18.2 Å². The maximum atomic E-state index is 13.2. The van der Waals surface area contributed by atoms with Crippen LogP contribution in [-0.2, 0) is 17.8 Å². The van der Waals surface area contributed by atoms with E-state index in [1.165, 1.54) is 37.7 Å². The van der Waals surface area contributed by atoms with Crippen molar-refractivity contribution in [2.24, 2.45) is 11.8 Å². The van der Waals surface area contributed by atoms with Crippen LogP contribution < -0.4 is 5.32 Å². The summed E-state index contributed by atoms with van der Waals surface area (Å²) in [6, 6.07) is 6.05. The molecular weight excluding hydrogens is 402 g/mol. The molecule has 1 aromatic carbocycles. The number of nitrogens with one attached hydrogen (secondary N) is 1. The van der Waals surface area contributed by atoms with Gasteiger partial charge in [0.15, 0.2) is 0 Å². The van der Waals surface area contributed by atoms with Crippen LogP contribution in [-0.4, -0.2) is 65.0 Å². The van der Waals surface area contributed by atoms with Crippen LogP contribution in [0.3, 0.4) is 0 Å². The molecule has 176 valence electrons. The smallest absolute Gasteiger partial charge is 0.254 e. The number of rotatable bonds is 5. The Bertz CT molecular complexity index is 811. The third-order valence-corrected chi connectivity index (χ3v) is 8.08. The van der Waals surface area contributed by atoms with Crippen LogP contribution in [0.5, 0.6) is 0 Å². The second-order valence-corrected chi connectivity index (χ2v) is 10.0. The Morgan fingerprint density at radius 3 is 2.38 bits per heavy atom. The van der Waals surface area contributed by atoms with E-state index in [2.05, 4.69) is 18.3 Å². The highest BCUT2D eigenvalue weighted by molar-refractivity contribution is 5.96. The summed E-state index contributed by atoms with van der Waals surface area (Å²) in [6.45, 7) is 6.85. The van der Waals surface area contributed by atoms with Gasteiger partial charge in [-0.3, -0.25) is 9.59 Å². The molecule has 0 spiro atoms. The molecule has 0 aromatic heterocycles. The lowest BCUT2D eigenvalue weighted by Crippen LogP contribution is -2.50. The summed E-state index contributed by atoms with van der Waals surface area (Å²) in [7, 11) is 0. The van der Waals surface area contributed by atoms with Gasteiger partial charge in [0.1, 0.15) is 0 Å². The van der Waals surface area contributed by atoms with Crippen LogP contribution in [0.2, 0.25) is 0 Å². The van der Waals surface area contributed by atoms with Crippen LogP contribution in [0.1, 0.15) is 73.9 Å². The average molecular weight is 442 g/mol. The minimum Gasteiger partial charge on any atom is -0.391 e. The fourth-order valence-corrected chi connectivity index (χ4v) is 5.83. The number of piperazine rings is 1. The number of hydrogen-bond donors (Lipinski definition) is 2. The first kappa shape index (κ1) is 23.2. The van der Waals surface area contributed by atoms with Gasteiger partial charge in [-0.25, -0.2) is 0 Å². The Morgan fingerprint density at radius 2 is 1.72 bits per heavy atom. The first-order valence-corrected chi connectivity index (χ1v) is 12.5. The van der Waals surface area contributed by atoms with E-state index in [4.69, 9.17) is 0 Å². The maximum Gasteiger partial charge on any atom is 0.254 e. The number of benzene rings is 1. The third kappa shape index (κ3) is 5.18. The fourth-order valence-electron chi connectivity index (χ4n) is 5.83. The summed E-state index contributed by atoms with van der Waals surface area (Å²) in [5.41, 5.74) is 3.01. The Kier molecular flexibility index (Phi) is 7.51. The lowest BCUT2D eigenvalue weighted by atomic mass is 9.77. The molecule has 6 nitrogen and oxygen atoms in total. The van der Waals surface area contributed by atoms with E-state index in [-0.39, 0.29) is 24.0 Å². The Hall–Kier alpha value is -1.92. The number of nitrogens with zero attached hydrogens (tertiary/aromatic N) is 2. The van der Waals surface area contributed by atoms with Gasteiger partial charge in [-0.1, -0.05) is 51.2 Å². The number of amides is 2. The van der Waals surface area contributed by atoms with Crippen molar-refractivity contribution < 1.29 is 14.7 Å². The van der Waals surface area contributed by atoms with Crippen LogP contribution in [0.25, 0.3) is 0 Å². The van der Waals surface area contributed by atoms with Gasteiger partial charge in [0.25, 0.3) is 5.91 Å². The van der Waals surface area contributed by atoms with Gasteiger partial charge in [0.05, 0.1) is 6.10 Å². The van der Waals surface area contributed by atoms with E-state index in [0.29, 0.717) is 38.6 Å². The van der Waals surface area contributed by atoms with Crippen molar-refractivity contribution in [2.75, 3.05) is 26.2 Å². The average Bonchev–Trinajstić information content (AvgIpc) is 2.83. The molecule has 2 fully saturated rings. The first-order chi connectivity index (χ1) is 15.5. The molecule has 1 aromatic rings. The van der Waals surface area contributed by atoms with Crippen LogP contribution in [0.4, 0.5) is 0 Å². The topological polar surface area (TPSA) is 72.9 Å². The summed E-state index contributed by atoms with van der Waals surface area (Å²) in [5, 5.41) is 14.5. The molecule has 2 atom stereocenters. The number of hydrogen-bond acceptors (Lipinski definition) is 4. The predicted molar refractivity (Wildman–Crippen MR) is 125 cm³/mol. The molecule has 2 aliphatic heterocycles. The Labute approximate surface area is 192 Å². The molecule has 2 N–H and O–H groups in total. The quantitative estimate of drug-likeness (QED) is 0.737. The predicted octanol–water partition coefficient (Wildman–Crippen LogP) is 2.97. The molecule has 1 aliphatic carbocycles. The molecule has 3 aliphatic rings. The summed E-state index contributed by atoms with van der Waals surface area (Å²) in [5.74, 6) is 1.64. The summed E-state index contributed by atoms with van der Waals surface area (Å²) in [6.07, 6.45) is 7.68. The van der Waals surface area contributed by atoms with E-state index in [1.807, 2.05) is 17.0 Å². The zero-order valence-corrected chi connectivity index (χ0v) is 19.7. The molecule has 0 unspecified atom stereocenters. The summed E-state index contributed by atoms with van der Waals surface area (Å²) in [4.78, 5) is 28.5. The Morgan fingerprint density at radius 1 is 1.06 bits per heavy atom. The molecular formula is C26H39N3O3. The van der Waals surface area contributed by atoms with Gasteiger partial charge in [-0.15, -0.1) is 0 Å². The van der Waals surface area contributed by atoms with Crippen molar-refractivity contribution in [1.29, 1.82) is 0 Å². The molecule has 2 heterocycles. The monoisotopic (exact) mass is 441 g/mol. The lowest BCUT2D eigenvalue weighted by Gasteiger charge is -2.36. The number of carbonyl (C=O) groups is 2. The van der Waals surface area contributed by atoms with Crippen LogP contribution in [0, 0.1) is 11.8 Å². The van der Waals surface area contributed by atoms with Crippen molar-refractivity contribution in [3.8, 4) is 0 Å². The fraction of sp³-hybridized carbons (Fsp3) is 0.692. The second-order valence-electron chi connectivity index (χ2n) is 10.0. The molecule has 32 heavy (non-hydrogen) atoms. The zero-order chi connectivity index (χ0) is 22.7. The number of carbonyl (C=O) groups excluding carboxylic acids is 2. The highest BCUT2D eigenvalue weighted by atomic mass is 16.3. The number of aliphatic hydroxyl groups excluding tert-OH is 1. The molecule has 0 bridgehead atoms. The van der Waals surface area contributed by atoms with E-state index >= 15 is 0 Å². The van der Waals surface area contributed by atoms with Crippen molar-refractivity contribution in [3.63, 3.8) is 0 Å². The third-order valence-electron chi connectivity index (χ3n) is 8.08. The second kappa shape index (κ2) is 10.3. The molecule has 2 amide bonds. The molecule has 4 rings (SSSR count). The molecule has 1 saturated heterocycles. The van der Waals surface area contributed by atoms with Crippen molar-refractivity contribution in [1.82, 2.24) is 15.1 Å². The van der Waals surface area contributed by atoms with E-state index in [0.717, 1.165) is 29.9 Å². The number of aliphatic hydroxyl groups is 1. The molecule has 0 radical (unpaired) electrons. The normalized spacial score (nSPS) is 27.0. The lowest BCUT2D eigenvalue weighted by molar-refractivity contribution is -0.130. The van der Waals surface area contributed by atoms with Gasteiger partial charge in [0.2, 0.25) is 5.91 Å². The van der Waals surface area contributed by atoms with Crippen molar-refractivity contribution >= 4 is 11.8 Å². The van der Waals surface area contributed by atoms with E-state index < -0.39 is 0 Å². The molecule has 6 heteroatoms. The number of fused-ring (bicyclic) bond motifs is 1. The van der Waals surface area contributed by atoms with Gasteiger partial charge in [-0.2, -0.15) is 0 Å². The Balaban J connectivity index is 1.36. The summed E-state index contributed by atoms with van der Waals surface area (Å²) < 4.78 is 0. The van der Waals surface area contributed by atoms with Gasteiger partial charge >= 0.3 is 0 Å². The minimum atomic E-state index is -0.342. The van der Waals surface area contributed by atoms with Gasteiger partial charge in [-0.05, 0) is 41.9 Å². The van der Waals surface area contributed by atoms with Gasteiger partial charge in [0, 0.05) is 51.3 Å². The summed E-state index contributed by atoms with van der Waals surface area (Å²) >= 11 is 0. The maximum absolute atomic E-state index is 13.2. The van der Waals surface area contributed by atoms with Crippen molar-refractivity contribution in [2.45, 2.75) is 77.5 Å². The standard InChI is InChI=1S/C26H39N3O3/c1-3-19-7-9-20(10-8-19)15-25(31)24-16-21-5-4-6-22(23(21)17-27-24)26(32)29-13-11-28(12-14-29)18(2)30/h4-6,19-20,24-25,27,31H,3,7-17H2,1-2H3/t19?,20?,24-,25+/m0/s1. The first-order valence-electron chi connectivity index (χ1n) is 12.5. The highest BCUT2D eigenvalue weighted by Crippen LogP contribution is 2.34. The highest BCUT2D eigenvalue weighted by Gasteiger charge is 2.31. The minimum absolute atomic E-state index is 0.0517. The van der Waals surface area contributed by atoms with Crippen molar-refractivity contribution in [3.05, 3.63) is 34.9 Å². The zero-order valence-electron chi connectivity index (χ0n) is 19.7. The van der Waals surface area contributed by atoms with E-state index in [9.17, 15) is 14.7 Å². The molecule has 1 saturated carbocycles. The van der Waals surface area contributed by atoms with E-state index in [1.54, 1.807) is 11.8 Å².